The molecule has 0 spiro atoms. The van der Waals surface area contributed by atoms with Crippen LogP contribution in [0.4, 0.5) is 8.78 Å². The quantitative estimate of drug-likeness (QED) is 0.665. The minimum Gasteiger partial charge on any atom is -0.455 e. The standard InChI is InChI=1S/C13H9BrF2N2O/c14-10-3-1-8(16)6-12(10)19-11-4-2-7(15)5-9(11)13(17)18/h1-6H,(H3,17,18). The largest absolute Gasteiger partial charge is 0.455 e. The Morgan fingerprint density at radius 3 is 2.37 bits per heavy atom. The first-order valence-electron chi connectivity index (χ1n) is 5.24. The van der Waals surface area contributed by atoms with Gasteiger partial charge >= 0.3 is 0 Å². The molecule has 0 radical (unpaired) electrons. The highest BCUT2D eigenvalue weighted by atomic mass is 79.9. The van der Waals surface area contributed by atoms with Crippen molar-refractivity contribution in [3.8, 4) is 11.5 Å². The molecule has 3 nitrogen and oxygen atoms in total. The van der Waals surface area contributed by atoms with Crippen LogP contribution in [0.3, 0.4) is 0 Å². The number of benzene rings is 2. The lowest BCUT2D eigenvalue weighted by molar-refractivity contribution is 0.470. The molecule has 2 aromatic carbocycles. The van der Waals surface area contributed by atoms with Crippen LogP contribution in [-0.4, -0.2) is 5.84 Å². The molecule has 0 aliphatic carbocycles. The molecular weight excluding hydrogens is 318 g/mol. The van der Waals surface area contributed by atoms with Gasteiger partial charge in [-0.15, -0.1) is 0 Å². The van der Waals surface area contributed by atoms with Crippen LogP contribution in [0.2, 0.25) is 0 Å². The number of amidine groups is 1. The Hall–Kier alpha value is -1.95. The van der Waals surface area contributed by atoms with Gasteiger partial charge in [0.05, 0.1) is 10.0 Å². The predicted octanol–water partition coefficient (Wildman–Crippen LogP) is 3.80. The number of hydrogen-bond acceptors (Lipinski definition) is 2. The lowest BCUT2D eigenvalue weighted by Gasteiger charge is -2.11. The Morgan fingerprint density at radius 1 is 1.05 bits per heavy atom. The Labute approximate surface area is 116 Å². The average Bonchev–Trinajstić information content (AvgIpc) is 2.35. The molecule has 2 rings (SSSR count). The van der Waals surface area contributed by atoms with Gasteiger partial charge in [-0.1, -0.05) is 0 Å². The van der Waals surface area contributed by atoms with Gasteiger partial charge in [-0.05, 0) is 46.3 Å². The maximum absolute atomic E-state index is 13.1. The van der Waals surface area contributed by atoms with Crippen molar-refractivity contribution in [3.05, 3.63) is 58.1 Å². The summed E-state index contributed by atoms with van der Waals surface area (Å²) in [6.45, 7) is 0. The third kappa shape index (κ3) is 3.08. The van der Waals surface area contributed by atoms with Gasteiger partial charge in [0.2, 0.25) is 0 Å². The summed E-state index contributed by atoms with van der Waals surface area (Å²) in [6.07, 6.45) is 0. The maximum Gasteiger partial charge on any atom is 0.144 e. The van der Waals surface area contributed by atoms with E-state index in [1.54, 1.807) is 0 Å². The zero-order valence-corrected chi connectivity index (χ0v) is 11.2. The summed E-state index contributed by atoms with van der Waals surface area (Å²) in [5, 5.41) is 7.38. The second kappa shape index (κ2) is 5.36. The molecule has 19 heavy (non-hydrogen) atoms. The van der Waals surface area contributed by atoms with Crippen molar-refractivity contribution in [2.24, 2.45) is 5.73 Å². The van der Waals surface area contributed by atoms with Crippen molar-refractivity contribution in [2.75, 3.05) is 0 Å². The molecule has 0 aromatic heterocycles. The first-order valence-corrected chi connectivity index (χ1v) is 6.03. The number of nitrogens with one attached hydrogen (secondary N) is 1. The Balaban J connectivity index is 2.43. The summed E-state index contributed by atoms with van der Waals surface area (Å²) in [7, 11) is 0. The fourth-order valence-corrected chi connectivity index (χ4v) is 1.80. The Kier molecular flexibility index (Phi) is 3.80. The van der Waals surface area contributed by atoms with Crippen LogP contribution < -0.4 is 10.5 Å². The molecule has 0 saturated heterocycles. The molecule has 6 heteroatoms. The second-order valence-corrected chi connectivity index (χ2v) is 4.59. The van der Waals surface area contributed by atoms with Crippen molar-refractivity contribution < 1.29 is 13.5 Å². The highest BCUT2D eigenvalue weighted by molar-refractivity contribution is 9.10. The van der Waals surface area contributed by atoms with E-state index >= 15 is 0 Å². The highest BCUT2D eigenvalue weighted by Crippen LogP contribution is 2.32. The molecule has 0 aliphatic rings. The van der Waals surface area contributed by atoms with Gasteiger partial charge in [-0.2, -0.15) is 0 Å². The third-order valence-corrected chi connectivity index (χ3v) is 3.00. The Bertz CT molecular complexity index is 647. The van der Waals surface area contributed by atoms with Crippen molar-refractivity contribution in [1.29, 1.82) is 5.41 Å². The van der Waals surface area contributed by atoms with Crippen LogP contribution in [0.5, 0.6) is 11.5 Å². The third-order valence-electron chi connectivity index (χ3n) is 2.34. The first kappa shape index (κ1) is 13.5. The smallest absolute Gasteiger partial charge is 0.144 e. The number of ether oxygens (including phenoxy) is 1. The number of halogens is 3. The number of nitrogen functional groups attached to an aromatic ring is 1. The molecule has 0 bridgehead atoms. The first-order chi connectivity index (χ1) is 8.97. The minimum atomic E-state index is -0.532. The second-order valence-electron chi connectivity index (χ2n) is 3.73. The summed E-state index contributed by atoms with van der Waals surface area (Å²) in [4.78, 5) is 0. The van der Waals surface area contributed by atoms with Crippen LogP contribution in [0.15, 0.2) is 40.9 Å². The molecule has 0 amide bonds. The molecule has 0 heterocycles. The predicted molar refractivity (Wildman–Crippen MR) is 71.6 cm³/mol. The van der Waals surface area contributed by atoms with E-state index in [-0.39, 0.29) is 22.9 Å². The van der Waals surface area contributed by atoms with Crippen LogP contribution in [0, 0.1) is 17.0 Å². The molecular formula is C13H9BrF2N2O. The van der Waals surface area contributed by atoms with Crippen LogP contribution >= 0.6 is 15.9 Å². The molecule has 0 saturated carbocycles. The van der Waals surface area contributed by atoms with E-state index in [1.807, 2.05) is 0 Å². The number of hydrogen-bond donors (Lipinski definition) is 2. The van der Waals surface area contributed by atoms with E-state index < -0.39 is 11.6 Å². The van der Waals surface area contributed by atoms with Gasteiger partial charge in [0.25, 0.3) is 0 Å². The van der Waals surface area contributed by atoms with E-state index in [4.69, 9.17) is 15.9 Å². The van der Waals surface area contributed by atoms with E-state index in [2.05, 4.69) is 15.9 Å². The van der Waals surface area contributed by atoms with E-state index in [9.17, 15) is 8.78 Å². The fraction of sp³-hybridized carbons (Fsp3) is 0. The lowest BCUT2D eigenvalue weighted by atomic mass is 10.2. The van der Waals surface area contributed by atoms with Gasteiger partial charge in [0.1, 0.15) is 29.0 Å². The average molecular weight is 327 g/mol. The molecule has 0 fully saturated rings. The molecule has 2 aromatic rings. The summed E-state index contributed by atoms with van der Waals surface area (Å²) in [5.74, 6) is -0.933. The number of nitrogens with two attached hydrogens (primary N) is 1. The van der Waals surface area contributed by atoms with Gasteiger partial charge in [-0.25, -0.2) is 8.78 Å². The molecule has 0 unspecified atom stereocenters. The van der Waals surface area contributed by atoms with E-state index in [0.717, 1.165) is 6.07 Å². The van der Waals surface area contributed by atoms with Gasteiger partial charge in [0.15, 0.2) is 0 Å². The normalized spacial score (nSPS) is 10.3. The van der Waals surface area contributed by atoms with Gasteiger partial charge < -0.3 is 10.5 Å². The Morgan fingerprint density at radius 2 is 1.68 bits per heavy atom. The van der Waals surface area contributed by atoms with Crippen molar-refractivity contribution in [1.82, 2.24) is 0 Å². The summed E-state index contributed by atoms with van der Waals surface area (Å²) < 4.78 is 32.3. The SMILES string of the molecule is N=C(N)c1cc(F)ccc1Oc1cc(F)ccc1Br. The number of rotatable bonds is 3. The van der Waals surface area contributed by atoms with Crippen LogP contribution in [-0.2, 0) is 0 Å². The molecule has 98 valence electrons. The van der Waals surface area contributed by atoms with E-state index in [1.165, 1.54) is 30.3 Å². The fourth-order valence-electron chi connectivity index (χ4n) is 1.48. The lowest BCUT2D eigenvalue weighted by Crippen LogP contribution is -2.12. The molecule has 0 aliphatic heterocycles. The summed E-state index contributed by atoms with van der Waals surface area (Å²) in [5.41, 5.74) is 5.46. The topological polar surface area (TPSA) is 59.1 Å². The highest BCUT2D eigenvalue weighted by Gasteiger charge is 2.11. The molecule has 0 atom stereocenters. The van der Waals surface area contributed by atoms with Crippen molar-refractivity contribution in [2.45, 2.75) is 0 Å². The zero-order chi connectivity index (χ0) is 14.0. The monoisotopic (exact) mass is 326 g/mol. The zero-order valence-electron chi connectivity index (χ0n) is 9.58. The van der Waals surface area contributed by atoms with Gasteiger partial charge in [-0.3, -0.25) is 5.41 Å². The summed E-state index contributed by atoms with van der Waals surface area (Å²) >= 11 is 3.21. The van der Waals surface area contributed by atoms with E-state index in [0.29, 0.717) is 4.47 Å². The minimum absolute atomic E-state index is 0.108. The molecule has 3 N–H and O–H groups in total. The summed E-state index contributed by atoms with van der Waals surface area (Å²) in [6, 6.07) is 7.54. The maximum atomic E-state index is 13.1. The van der Waals surface area contributed by atoms with Crippen LogP contribution in [0.25, 0.3) is 0 Å². The van der Waals surface area contributed by atoms with Crippen molar-refractivity contribution in [3.63, 3.8) is 0 Å². The van der Waals surface area contributed by atoms with Crippen LogP contribution in [0.1, 0.15) is 5.56 Å². The van der Waals surface area contributed by atoms with Gasteiger partial charge in [0, 0.05) is 6.07 Å². The van der Waals surface area contributed by atoms with Crippen molar-refractivity contribution >= 4 is 21.8 Å².